The lowest BCUT2D eigenvalue weighted by atomic mass is 10.1. The number of non-ortho nitro benzene ring substituents is 1. The molecule has 0 spiro atoms. The van der Waals surface area contributed by atoms with Crippen LogP contribution in [0.5, 0.6) is 5.75 Å². The third-order valence-electron chi connectivity index (χ3n) is 3.12. The van der Waals surface area contributed by atoms with Gasteiger partial charge < -0.3 is 5.11 Å². The first-order chi connectivity index (χ1) is 9.49. The second-order valence-corrected chi connectivity index (χ2v) is 4.46. The minimum absolute atomic E-state index is 0.119. The highest BCUT2D eigenvalue weighted by Crippen LogP contribution is 2.23. The number of nitrogens with zero attached hydrogens (tertiary/aromatic N) is 2. The van der Waals surface area contributed by atoms with Crippen LogP contribution in [0.1, 0.15) is 16.7 Å². The maximum atomic E-state index is 11.7. The molecular weight excluding hydrogens is 256 g/mol. The molecule has 0 aliphatic carbocycles. The summed E-state index contributed by atoms with van der Waals surface area (Å²) in [7, 11) is 0. The Morgan fingerprint density at radius 3 is 2.65 bits per heavy atom. The molecule has 5 nitrogen and oxygen atoms in total. The van der Waals surface area contributed by atoms with Gasteiger partial charge in [-0.2, -0.15) is 0 Å². The first kappa shape index (κ1) is 13.7. The summed E-state index contributed by atoms with van der Waals surface area (Å²) in [6, 6.07) is 9.29. The monoisotopic (exact) mass is 269 g/mol. The molecule has 0 N–H and O–H groups in total. The minimum atomic E-state index is -0.533. The zero-order valence-corrected chi connectivity index (χ0v) is 11.2. The van der Waals surface area contributed by atoms with Crippen LogP contribution in [0.4, 0.5) is 11.4 Å². The van der Waals surface area contributed by atoms with Crippen LogP contribution >= 0.6 is 0 Å². The van der Waals surface area contributed by atoms with E-state index in [0.29, 0.717) is 0 Å². The van der Waals surface area contributed by atoms with Crippen LogP contribution < -0.4 is 5.11 Å². The lowest BCUT2D eigenvalue weighted by Crippen LogP contribution is -1.98. The molecule has 0 aromatic heterocycles. The molecule has 0 heterocycles. The molecule has 0 unspecified atom stereocenters. The van der Waals surface area contributed by atoms with Crippen molar-refractivity contribution in [3.8, 4) is 5.75 Å². The number of aryl methyl sites for hydroxylation is 1. The Bertz CT molecular complexity index is 694. The Hall–Kier alpha value is -2.69. The summed E-state index contributed by atoms with van der Waals surface area (Å²) < 4.78 is 0. The molecular formula is C15H13N2O3-. The minimum Gasteiger partial charge on any atom is -0.872 e. The van der Waals surface area contributed by atoms with Crippen molar-refractivity contribution in [1.82, 2.24) is 0 Å². The van der Waals surface area contributed by atoms with E-state index in [1.54, 1.807) is 0 Å². The van der Waals surface area contributed by atoms with Gasteiger partial charge in [-0.15, -0.1) is 0 Å². The molecule has 0 saturated heterocycles. The van der Waals surface area contributed by atoms with Crippen LogP contribution in [0.15, 0.2) is 41.4 Å². The van der Waals surface area contributed by atoms with E-state index in [2.05, 4.69) is 4.99 Å². The third-order valence-corrected chi connectivity index (χ3v) is 3.12. The Morgan fingerprint density at radius 1 is 1.20 bits per heavy atom. The smallest absolute Gasteiger partial charge is 0.270 e. The van der Waals surface area contributed by atoms with Gasteiger partial charge in [0.2, 0.25) is 0 Å². The van der Waals surface area contributed by atoms with Gasteiger partial charge in [0.25, 0.3) is 5.69 Å². The molecule has 0 amide bonds. The second kappa shape index (κ2) is 5.52. The summed E-state index contributed by atoms with van der Waals surface area (Å²) in [4.78, 5) is 14.4. The highest BCUT2D eigenvalue weighted by atomic mass is 16.6. The van der Waals surface area contributed by atoms with Gasteiger partial charge in [0.1, 0.15) is 0 Å². The molecule has 20 heavy (non-hydrogen) atoms. The predicted octanol–water partition coefficient (Wildman–Crippen LogP) is 3.04. The van der Waals surface area contributed by atoms with E-state index in [1.165, 1.54) is 24.4 Å². The number of hydrogen-bond acceptors (Lipinski definition) is 4. The summed E-state index contributed by atoms with van der Waals surface area (Å²) in [6.07, 6.45) is 1.37. The summed E-state index contributed by atoms with van der Waals surface area (Å²) in [5.41, 5.74) is 2.95. The highest BCUT2D eigenvalue weighted by molar-refractivity contribution is 5.86. The largest absolute Gasteiger partial charge is 0.872 e. The van der Waals surface area contributed by atoms with Gasteiger partial charge in [0.15, 0.2) is 0 Å². The molecule has 0 aliphatic heterocycles. The van der Waals surface area contributed by atoms with E-state index in [9.17, 15) is 15.2 Å². The van der Waals surface area contributed by atoms with Crippen molar-refractivity contribution >= 4 is 17.6 Å². The van der Waals surface area contributed by atoms with Gasteiger partial charge in [0, 0.05) is 18.3 Å². The summed E-state index contributed by atoms with van der Waals surface area (Å²) >= 11 is 0. The van der Waals surface area contributed by atoms with Crippen molar-refractivity contribution in [3.63, 3.8) is 0 Å². The maximum Gasteiger partial charge on any atom is 0.270 e. The van der Waals surface area contributed by atoms with Gasteiger partial charge in [-0.25, -0.2) is 0 Å². The van der Waals surface area contributed by atoms with Gasteiger partial charge in [-0.05, 0) is 36.6 Å². The van der Waals surface area contributed by atoms with Crippen LogP contribution in [-0.4, -0.2) is 11.1 Å². The fourth-order valence-electron chi connectivity index (χ4n) is 1.76. The van der Waals surface area contributed by atoms with Crippen molar-refractivity contribution in [3.05, 3.63) is 63.2 Å². The first-order valence-electron chi connectivity index (χ1n) is 6.05. The van der Waals surface area contributed by atoms with Crippen molar-refractivity contribution in [1.29, 1.82) is 0 Å². The van der Waals surface area contributed by atoms with E-state index < -0.39 is 4.92 Å². The van der Waals surface area contributed by atoms with Crippen molar-refractivity contribution < 1.29 is 10.0 Å². The number of aliphatic imine (C=N–C) groups is 1. The van der Waals surface area contributed by atoms with Gasteiger partial charge >= 0.3 is 0 Å². The molecule has 0 bridgehead atoms. The number of rotatable bonds is 3. The fraction of sp³-hybridized carbons (Fsp3) is 0.133. The molecule has 0 aliphatic rings. The number of nitro groups is 1. The zero-order chi connectivity index (χ0) is 14.7. The number of hydrogen-bond donors (Lipinski definition) is 0. The van der Waals surface area contributed by atoms with Crippen LogP contribution in [0, 0.1) is 24.0 Å². The molecule has 0 atom stereocenters. The molecule has 2 rings (SSSR count). The normalized spacial score (nSPS) is 10.9. The molecule has 0 fully saturated rings. The molecule has 0 saturated carbocycles. The Morgan fingerprint density at radius 2 is 1.95 bits per heavy atom. The Balaban J connectivity index is 2.38. The third kappa shape index (κ3) is 2.83. The molecule has 2 aromatic carbocycles. The second-order valence-electron chi connectivity index (χ2n) is 4.46. The summed E-state index contributed by atoms with van der Waals surface area (Å²) in [5, 5.41) is 22.3. The Labute approximate surface area is 116 Å². The molecule has 0 radical (unpaired) electrons. The quantitative estimate of drug-likeness (QED) is 0.488. The molecule has 2 aromatic rings. The fourth-order valence-corrected chi connectivity index (χ4v) is 1.76. The van der Waals surface area contributed by atoms with Gasteiger partial charge in [-0.3, -0.25) is 15.1 Å². The van der Waals surface area contributed by atoms with Crippen LogP contribution in [0.3, 0.4) is 0 Å². The first-order valence-corrected chi connectivity index (χ1v) is 6.05. The Kier molecular flexibility index (Phi) is 3.79. The molecule has 5 heteroatoms. The average Bonchev–Trinajstić information content (AvgIpc) is 2.41. The standard InChI is InChI=1S/C15H14N2O3/c1-10-4-3-5-14(11(10)2)16-9-12-8-13(17(19)20)6-7-15(12)18/h3-9,18H,1-2H3/p-1. The number of benzene rings is 2. The lowest BCUT2D eigenvalue weighted by Gasteiger charge is -2.09. The highest BCUT2D eigenvalue weighted by Gasteiger charge is 2.05. The van der Waals surface area contributed by atoms with Crippen molar-refractivity contribution in [2.75, 3.05) is 0 Å². The molecule has 102 valence electrons. The maximum absolute atomic E-state index is 11.7. The van der Waals surface area contributed by atoms with Gasteiger partial charge in [-0.1, -0.05) is 23.9 Å². The van der Waals surface area contributed by atoms with Crippen molar-refractivity contribution in [2.45, 2.75) is 13.8 Å². The predicted molar refractivity (Wildman–Crippen MR) is 75.7 cm³/mol. The van der Waals surface area contributed by atoms with E-state index in [1.807, 2.05) is 32.0 Å². The van der Waals surface area contributed by atoms with E-state index >= 15 is 0 Å². The zero-order valence-electron chi connectivity index (χ0n) is 11.2. The topological polar surface area (TPSA) is 78.6 Å². The lowest BCUT2D eigenvalue weighted by molar-refractivity contribution is -0.385. The average molecular weight is 269 g/mol. The van der Waals surface area contributed by atoms with E-state index in [0.717, 1.165) is 16.8 Å². The number of nitro benzene ring substituents is 1. The van der Waals surface area contributed by atoms with Crippen molar-refractivity contribution in [2.24, 2.45) is 4.99 Å². The SMILES string of the molecule is Cc1cccc(N=Cc2cc([N+](=O)[O-])ccc2[O-])c1C. The van der Waals surface area contributed by atoms with Gasteiger partial charge in [0.05, 0.1) is 10.6 Å². The van der Waals surface area contributed by atoms with Crippen LogP contribution in [0.2, 0.25) is 0 Å². The summed E-state index contributed by atoms with van der Waals surface area (Å²) in [6.45, 7) is 3.91. The van der Waals surface area contributed by atoms with E-state index in [4.69, 9.17) is 0 Å². The van der Waals surface area contributed by atoms with Crippen LogP contribution in [-0.2, 0) is 0 Å². The van der Waals surface area contributed by atoms with E-state index in [-0.39, 0.29) is 17.0 Å². The van der Waals surface area contributed by atoms with Crippen LogP contribution in [0.25, 0.3) is 0 Å². The summed E-state index contributed by atoms with van der Waals surface area (Å²) in [5.74, 6) is -0.287.